The summed E-state index contributed by atoms with van der Waals surface area (Å²) < 4.78 is 16.8. The van der Waals surface area contributed by atoms with E-state index in [0.717, 1.165) is 77.0 Å². The van der Waals surface area contributed by atoms with Gasteiger partial charge in [0.2, 0.25) is 0 Å². The van der Waals surface area contributed by atoms with E-state index in [9.17, 15) is 14.4 Å². The van der Waals surface area contributed by atoms with Gasteiger partial charge in [0, 0.05) is 19.3 Å². The van der Waals surface area contributed by atoms with E-state index in [1.165, 1.54) is 186 Å². The highest BCUT2D eigenvalue weighted by Gasteiger charge is 2.19. The van der Waals surface area contributed by atoms with Crippen LogP contribution in [-0.4, -0.2) is 37.2 Å². The highest BCUT2D eigenvalue weighted by molar-refractivity contribution is 5.71. The van der Waals surface area contributed by atoms with E-state index >= 15 is 0 Å². The predicted molar refractivity (Wildman–Crippen MR) is 289 cm³/mol. The predicted octanol–water partition coefficient (Wildman–Crippen LogP) is 19.4. The second-order valence-electron chi connectivity index (χ2n) is 19.6. The Morgan fingerprint density at radius 2 is 0.537 bits per heavy atom. The topological polar surface area (TPSA) is 78.9 Å². The molecule has 0 radical (unpaired) electrons. The van der Waals surface area contributed by atoms with E-state index in [1.807, 2.05) is 0 Å². The Balaban J connectivity index is 4.19. The Labute approximate surface area is 416 Å². The molecule has 0 aromatic heterocycles. The average Bonchev–Trinajstić information content (AvgIpc) is 3.33. The van der Waals surface area contributed by atoms with E-state index in [0.29, 0.717) is 19.3 Å². The maximum absolute atomic E-state index is 12.8. The molecule has 0 N–H and O–H groups in total. The van der Waals surface area contributed by atoms with Crippen LogP contribution in [-0.2, 0) is 28.6 Å². The van der Waals surface area contributed by atoms with Crippen LogP contribution in [0.2, 0.25) is 0 Å². The Bertz CT molecular complexity index is 1170. The standard InChI is InChI=1S/C61H110O6/c1-4-7-10-13-16-18-20-22-24-26-28-29-30-31-33-34-36-38-40-42-45-48-51-54-60(63)66-57-58(56-65-59(62)53-50-47-44-15-12-9-6-3)67-61(64)55-52-49-46-43-41-39-37-35-32-27-25-23-21-19-17-14-11-8-5-2/h20,22-23,25-26,28,30-31,58H,4-19,21,24,27,29,32-57H2,1-3H3/b22-20-,25-23-,28-26-,31-30-. The molecule has 0 saturated carbocycles. The number of unbranched alkanes of at least 4 members (excludes halogenated alkanes) is 34. The van der Waals surface area contributed by atoms with Gasteiger partial charge in [0.1, 0.15) is 13.2 Å². The van der Waals surface area contributed by atoms with E-state index in [1.54, 1.807) is 0 Å². The molecule has 0 fully saturated rings. The molecular weight excluding hydrogens is 829 g/mol. The molecule has 0 heterocycles. The molecule has 0 spiro atoms. The van der Waals surface area contributed by atoms with Gasteiger partial charge < -0.3 is 14.2 Å². The Kier molecular flexibility index (Phi) is 53.8. The summed E-state index contributed by atoms with van der Waals surface area (Å²) in [6, 6.07) is 0. The zero-order valence-corrected chi connectivity index (χ0v) is 44.7. The van der Waals surface area contributed by atoms with Crippen molar-refractivity contribution in [3.8, 4) is 0 Å². The molecule has 0 aliphatic carbocycles. The van der Waals surface area contributed by atoms with Crippen molar-refractivity contribution in [3.63, 3.8) is 0 Å². The number of ether oxygens (including phenoxy) is 3. The number of allylic oxidation sites excluding steroid dienone is 8. The highest BCUT2D eigenvalue weighted by Crippen LogP contribution is 2.16. The van der Waals surface area contributed by atoms with Gasteiger partial charge in [-0.25, -0.2) is 0 Å². The van der Waals surface area contributed by atoms with Crippen LogP contribution in [0.4, 0.5) is 0 Å². The van der Waals surface area contributed by atoms with Gasteiger partial charge in [-0.2, -0.15) is 0 Å². The molecule has 0 aromatic rings. The van der Waals surface area contributed by atoms with Gasteiger partial charge in [0.05, 0.1) is 0 Å². The SMILES string of the molecule is CCCCCCC/C=C\C/C=C\C/C=C\CCCCCCCCCCC(=O)OCC(COC(=O)CCCCCCCCC)OC(=O)CCCCCCCCCCC/C=C\CCCCCCCC. The van der Waals surface area contributed by atoms with Crippen molar-refractivity contribution in [3.05, 3.63) is 48.6 Å². The largest absolute Gasteiger partial charge is 0.462 e. The zero-order valence-electron chi connectivity index (χ0n) is 44.7. The first-order valence-electron chi connectivity index (χ1n) is 29.1. The van der Waals surface area contributed by atoms with Gasteiger partial charge in [0.25, 0.3) is 0 Å². The Hall–Kier alpha value is -2.63. The summed E-state index contributed by atoms with van der Waals surface area (Å²) in [5.41, 5.74) is 0. The summed E-state index contributed by atoms with van der Waals surface area (Å²) >= 11 is 0. The number of hydrogen-bond acceptors (Lipinski definition) is 6. The van der Waals surface area contributed by atoms with Gasteiger partial charge in [0.15, 0.2) is 6.10 Å². The minimum absolute atomic E-state index is 0.0745. The van der Waals surface area contributed by atoms with Crippen molar-refractivity contribution in [2.75, 3.05) is 13.2 Å². The lowest BCUT2D eigenvalue weighted by Gasteiger charge is -2.18. The third-order valence-electron chi connectivity index (χ3n) is 12.8. The number of rotatable bonds is 53. The third-order valence-corrected chi connectivity index (χ3v) is 12.8. The number of carbonyl (C=O) groups is 3. The summed E-state index contributed by atoms with van der Waals surface area (Å²) in [7, 11) is 0. The van der Waals surface area contributed by atoms with Crippen LogP contribution in [0.3, 0.4) is 0 Å². The van der Waals surface area contributed by atoms with Crippen molar-refractivity contribution in [1.29, 1.82) is 0 Å². The van der Waals surface area contributed by atoms with Crippen LogP contribution >= 0.6 is 0 Å². The highest BCUT2D eigenvalue weighted by atomic mass is 16.6. The van der Waals surface area contributed by atoms with Crippen molar-refractivity contribution < 1.29 is 28.6 Å². The molecule has 6 heteroatoms. The molecule has 0 aromatic carbocycles. The number of esters is 3. The van der Waals surface area contributed by atoms with Gasteiger partial charge in [-0.15, -0.1) is 0 Å². The van der Waals surface area contributed by atoms with Gasteiger partial charge in [-0.1, -0.05) is 249 Å². The molecular formula is C61H110O6. The lowest BCUT2D eigenvalue weighted by molar-refractivity contribution is -0.167. The normalized spacial score (nSPS) is 12.3. The maximum atomic E-state index is 12.8. The fourth-order valence-electron chi connectivity index (χ4n) is 8.39. The summed E-state index contributed by atoms with van der Waals surface area (Å²) in [5, 5.41) is 0. The van der Waals surface area contributed by atoms with Crippen LogP contribution in [0, 0.1) is 0 Å². The third kappa shape index (κ3) is 54.2. The molecule has 1 unspecified atom stereocenters. The first kappa shape index (κ1) is 64.4. The van der Waals surface area contributed by atoms with Crippen molar-refractivity contribution in [2.24, 2.45) is 0 Å². The summed E-state index contributed by atoms with van der Waals surface area (Å²) in [6.07, 6.45) is 68.4. The van der Waals surface area contributed by atoms with Crippen LogP contribution in [0.15, 0.2) is 48.6 Å². The Morgan fingerprint density at radius 1 is 0.299 bits per heavy atom. The van der Waals surface area contributed by atoms with Crippen LogP contribution in [0.25, 0.3) is 0 Å². The minimum atomic E-state index is -0.774. The summed E-state index contributed by atoms with van der Waals surface area (Å²) in [6.45, 7) is 6.60. The summed E-state index contributed by atoms with van der Waals surface area (Å²) in [4.78, 5) is 38.0. The first-order valence-corrected chi connectivity index (χ1v) is 29.1. The fourth-order valence-corrected chi connectivity index (χ4v) is 8.39. The average molecular weight is 940 g/mol. The molecule has 0 saturated heterocycles. The molecule has 0 aliphatic heterocycles. The molecule has 0 bridgehead atoms. The molecule has 6 nitrogen and oxygen atoms in total. The van der Waals surface area contributed by atoms with E-state index in [-0.39, 0.29) is 31.1 Å². The van der Waals surface area contributed by atoms with Gasteiger partial charge in [-0.3, -0.25) is 14.4 Å². The van der Waals surface area contributed by atoms with Crippen LogP contribution in [0.5, 0.6) is 0 Å². The van der Waals surface area contributed by atoms with Crippen LogP contribution in [0.1, 0.15) is 303 Å². The Morgan fingerprint density at radius 3 is 0.851 bits per heavy atom. The smallest absolute Gasteiger partial charge is 0.306 e. The molecule has 0 amide bonds. The fraction of sp³-hybridized carbons (Fsp3) is 0.820. The van der Waals surface area contributed by atoms with Crippen molar-refractivity contribution >= 4 is 17.9 Å². The minimum Gasteiger partial charge on any atom is -0.462 e. The molecule has 1 atom stereocenters. The molecule has 390 valence electrons. The number of carbonyl (C=O) groups excluding carboxylic acids is 3. The molecule has 0 aliphatic rings. The first-order chi connectivity index (χ1) is 33.0. The van der Waals surface area contributed by atoms with Crippen molar-refractivity contribution in [2.45, 2.75) is 309 Å². The molecule has 67 heavy (non-hydrogen) atoms. The zero-order chi connectivity index (χ0) is 48.6. The van der Waals surface area contributed by atoms with Crippen molar-refractivity contribution in [1.82, 2.24) is 0 Å². The lowest BCUT2D eigenvalue weighted by Crippen LogP contribution is -2.30. The molecule has 0 rings (SSSR count). The van der Waals surface area contributed by atoms with Gasteiger partial charge in [-0.05, 0) is 83.5 Å². The second kappa shape index (κ2) is 56.0. The van der Waals surface area contributed by atoms with Crippen LogP contribution < -0.4 is 0 Å². The van der Waals surface area contributed by atoms with E-state index in [4.69, 9.17) is 14.2 Å². The lowest BCUT2D eigenvalue weighted by atomic mass is 10.1. The van der Waals surface area contributed by atoms with E-state index in [2.05, 4.69) is 69.4 Å². The maximum Gasteiger partial charge on any atom is 0.306 e. The number of hydrogen-bond donors (Lipinski definition) is 0. The van der Waals surface area contributed by atoms with Gasteiger partial charge >= 0.3 is 17.9 Å². The quantitative estimate of drug-likeness (QED) is 0.0262. The monoisotopic (exact) mass is 939 g/mol. The second-order valence-corrected chi connectivity index (χ2v) is 19.6. The summed E-state index contributed by atoms with van der Waals surface area (Å²) in [5.74, 6) is -0.879. The van der Waals surface area contributed by atoms with E-state index < -0.39 is 6.10 Å².